The van der Waals surface area contributed by atoms with Crippen LogP contribution in [-0.2, 0) is 11.3 Å². The van der Waals surface area contributed by atoms with Gasteiger partial charge in [-0.15, -0.1) is 11.3 Å². The lowest BCUT2D eigenvalue weighted by Gasteiger charge is -2.37. The van der Waals surface area contributed by atoms with Gasteiger partial charge in [0.25, 0.3) is 0 Å². The molecule has 3 heterocycles. The molecule has 1 unspecified atom stereocenters. The second-order valence-corrected chi connectivity index (χ2v) is 7.58. The highest BCUT2D eigenvalue weighted by atomic mass is 32.1. The van der Waals surface area contributed by atoms with Gasteiger partial charge in [-0.3, -0.25) is 9.89 Å². The number of rotatable bonds is 4. The maximum Gasteiger partial charge on any atom is 0.194 e. The molecule has 0 spiro atoms. The smallest absolute Gasteiger partial charge is 0.194 e. The SMILES string of the molecule is CN=C(NCc1cnc(C)s1)N1CCN(CC2CCOC2)CC1. The van der Waals surface area contributed by atoms with Crippen LogP contribution < -0.4 is 5.32 Å². The maximum absolute atomic E-state index is 5.48. The van der Waals surface area contributed by atoms with E-state index in [4.69, 9.17) is 4.74 Å². The van der Waals surface area contributed by atoms with Crippen molar-refractivity contribution in [3.63, 3.8) is 0 Å². The van der Waals surface area contributed by atoms with E-state index in [1.807, 2.05) is 20.2 Å². The van der Waals surface area contributed by atoms with E-state index in [1.54, 1.807) is 11.3 Å². The summed E-state index contributed by atoms with van der Waals surface area (Å²) in [4.78, 5) is 14.9. The fourth-order valence-corrected chi connectivity index (χ4v) is 3.95. The first-order valence-electron chi connectivity index (χ1n) is 8.41. The lowest BCUT2D eigenvalue weighted by Crippen LogP contribution is -2.53. The lowest BCUT2D eigenvalue weighted by atomic mass is 10.1. The van der Waals surface area contributed by atoms with Gasteiger partial charge in [-0.05, 0) is 19.3 Å². The van der Waals surface area contributed by atoms with Crippen LogP contribution in [0.2, 0.25) is 0 Å². The highest BCUT2D eigenvalue weighted by molar-refractivity contribution is 7.11. The van der Waals surface area contributed by atoms with E-state index in [9.17, 15) is 0 Å². The topological polar surface area (TPSA) is 53.0 Å². The number of guanidine groups is 1. The van der Waals surface area contributed by atoms with E-state index in [1.165, 1.54) is 17.8 Å². The summed E-state index contributed by atoms with van der Waals surface area (Å²) in [5, 5.41) is 4.58. The van der Waals surface area contributed by atoms with Gasteiger partial charge in [-0.25, -0.2) is 4.98 Å². The normalized spacial score (nSPS) is 23.5. The largest absolute Gasteiger partial charge is 0.381 e. The van der Waals surface area contributed by atoms with Crippen LogP contribution in [0.4, 0.5) is 0 Å². The molecular weight excluding hydrogens is 310 g/mol. The molecule has 0 aliphatic carbocycles. The highest BCUT2D eigenvalue weighted by Gasteiger charge is 2.23. The molecule has 0 saturated carbocycles. The van der Waals surface area contributed by atoms with Gasteiger partial charge in [0, 0.05) is 57.5 Å². The Morgan fingerprint density at radius 1 is 1.43 bits per heavy atom. The molecule has 0 bridgehead atoms. The molecule has 2 fully saturated rings. The second kappa shape index (κ2) is 8.08. The van der Waals surface area contributed by atoms with Crippen LogP contribution in [0, 0.1) is 12.8 Å². The molecule has 0 radical (unpaired) electrons. The predicted octanol–water partition coefficient (Wildman–Crippen LogP) is 1.18. The number of ether oxygens (including phenoxy) is 1. The molecule has 2 saturated heterocycles. The molecule has 1 N–H and O–H groups in total. The van der Waals surface area contributed by atoms with Crippen molar-refractivity contribution in [2.24, 2.45) is 10.9 Å². The molecule has 1 aromatic rings. The minimum atomic E-state index is 0.730. The summed E-state index contributed by atoms with van der Waals surface area (Å²) in [5.74, 6) is 1.73. The molecule has 128 valence electrons. The molecule has 2 aliphatic heterocycles. The van der Waals surface area contributed by atoms with Crippen molar-refractivity contribution in [1.82, 2.24) is 20.1 Å². The summed E-state index contributed by atoms with van der Waals surface area (Å²) in [6, 6.07) is 0. The van der Waals surface area contributed by atoms with Gasteiger partial charge in [0.2, 0.25) is 0 Å². The summed E-state index contributed by atoms with van der Waals surface area (Å²) in [6.07, 6.45) is 3.17. The first kappa shape index (κ1) is 16.7. The number of piperazine rings is 1. The Labute approximate surface area is 142 Å². The maximum atomic E-state index is 5.48. The Morgan fingerprint density at radius 2 is 2.26 bits per heavy atom. The fraction of sp³-hybridized carbons (Fsp3) is 0.750. The Balaban J connectivity index is 1.43. The van der Waals surface area contributed by atoms with Gasteiger partial charge in [-0.1, -0.05) is 0 Å². The number of aliphatic imine (C=N–C) groups is 1. The van der Waals surface area contributed by atoms with E-state index in [-0.39, 0.29) is 0 Å². The van der Waals surface area contributed by atoms with E-state index < -0.39 is 0 Å². The van der Waals surface area contributed by atoms with Crippen LogP contribution in [0.3, 0.4) is 0 Å². The summed E-state index contributed by atoms with van der Waals surface area (Å²) in [7, 11) is 1.86. The highest BCUT2D eigenvalue weighted by Crippen LogP contribution is 2.15. The van der Waals surface area contributed by atoms with Crippen molar-refractivity contribution in [2.45, 2.75) is 19.9 Å². The predicted molar refractivity (Wildman–Crippen MR) is 94.0 cm³/mol. The van der Waals surface area contributed by atoms with Crippen LogP contribution in [0.5, 0.6) is 0 Å². The van der Waals surface area contributed by atoms with E-state index in [0.29, 0.717) is 0 Å². The zero-order chi connectivity index (χ0) is 16.1. The zero-order valence-corrected chi connectivity index (χ0v) is 14.9. The van der Waals surface area contributed by atoms with Crippen molar-refractivity contribution in [3.05, 3.63) is 16.1 Å². The molecular formula is C16H27N5OS. The van der Waals surface area contributed by atoms with Crippen molar-refractivity contribution in [3.8, 4) is 0 Å². The van der Waals surface area contributed by atoms with E-state index >= 15 is 0 Å². The van der Waals surface area contributed by atoms with Crippen molar-refractivity contribution in [2.75, 3.05) is 53.0 Å². The van der Waals surface area contributed by atoms with E-state index in [2.05, 4.69) is 25.1 Å². The number of nitrogens with zero attached hydrogens (tertiary/aromatic N) is 4. The summed E-state index contributed by atoms with van der Waals surface area (Å²) in [5.41, 5.74) is 0. The summed E-state index contributed by atoms with van der Waals surface area (Å²) in [6.45, 7) is 10.2. The number of thiazole rings is 1. The molecule has 23 heavy (non-hydrogen) atoms. The van der Waals surface area contributed by atoms with Gasteiger partial charge in [0.05, 0.1) is 18.2 Å². The Morgan fingerprint density at radius 3 is 2.87 bits per heavy atom. The quantitative estimate of drug-likeness (QED) is 0.660. The average Bonchev–Trinajstić information content (AvgIpc) is 3.21. The average molecular weight is 337 g/mol. The third-order valence-electron chi connectivity index (χ3n) is 4.51. The molecule has 0 aromatic carbocycles. The number of nitrogens with one attached hydrogen (secondary N) is 1. The summed E-state index contributed by atoms with van der Waals surface area (Å²) < 4.78 is 5.48. The number of aromatic nitrogens is 1. The third kappa shape index (κ3) is 4.65. The monoisotopic (exact) mass is 337 g/mol. The minimum Gasteiger partial charge on any atom is -0.381 e. The second-order valence-electron chi connectivity index (χ2n) is 6.26. The fourth-order valence-electron chi connectivity index (χ4n) is 3.22. The van der Waals surface area contributed by atoms with Crippen molar-refractivity contribution < 1.29 is 4.74 Å². The molecule has 3 rings (SSSR count). The Hall–Kier alpha value is -1.18. The zero-order valence-electron chi connectivity index (χ0n) is 14.1. The first-order valence-corrected chi connectivity index (χ1v) is 9.23. The molecule has 6 nitrogen and oxygen atoms in total. The minimum absolute atomic E-state index is 0.730. The van der Waals surface area contributed by atoms with Crippen LogP contribution in [-0.4, -0.2) is 73.7 Å². The van der Waals surface area contributed by atoms with Crippen molar-refractivity contribution >= 4 is 17.3 Å². The van der Waals surface area contributed by atoms with Crippen LogP contribution in [0.25, 0.3) is 0 Å². The van der Waals surface area contributed by atoms with Crippen molar-refractivity contribution in [1.29, 1.82) is 0 Å². The van der Waals surface area contributed by atoms with Gasteiger partial charge < -0.3 is 15.0 Å². The van der Waals surface area contributed by atoms with Crippen LogP contribution >= 0.6 is 11.3 Å². The third-order valence-corrected chi connectivity index (χ3v) is 5.43. The number of aryl methyl sites for hydroxylation is 1. The number of hydrogen-bond acceptors (Lipinski definition) is 5. The Bertz CT molecular complexity index is 518. The first-order chi connectivity index (χ1) is 11.2. The standard InChI is InChI=1S/C16H27N5OS/c1-13-18-9-15(23-13)10-19-16(17-2)21-6-4-20(5-7-21)11-14-3-8-22-12-14/h9,14H,3-8,10-12H2,1-2H3,(H,17,19). The molecule has 7 heteroatoms. The molecule has 2 aliphatic rings. The van der Waals surface area contributed by atoms with Gasteiger partial charge in [0.1, 0.15) is 0 Å². The van der Waals surface area contributed by atoms with Crippen LogP contribution in [0.15, 0.2) is 11.2 Å². The molecule has 1 aromatic heterocycles. The van der Waals surface area contributed by atoms with E-state index in [0.717, 1.165) is 62.8 Å². The number of hydrogen-bond donors (Lipinski definition) is 1. The Kier molecular flexibility index (Phi) is 5.85. The summed E-state index contributed by atoms with van der Waals surface area (Å²) >= 11 is 1.74. The van der Waals surface area contributed by atoms with Gasteiger partial charge in [-0.2, -0.15) is 0 Å². The van der Waals surface area contributed by atoms with Gasteiger partial charge >= 0.3 is 0 Å². The molecule has 1 atom stereocenters. The van der Waals surface area contributed by atoms with Crippen LogP contribution in [0.1, 0.15) is 16.3 Å². The molecule has 0 amide bonds. The lowest BCUT2D eigenvalue weighted by molar-refractivity contribution is 0.139. The van der Waals surface area contributed by atoms with Gasteiger partial charge in [0.15, 0.2) is 5.96 Å².